The number of rotatable bonds is 18. The molecule has 20 heteroatoms. The normalized spacial score (nSPS) is 21.8. The third kappa shape index (κ3) is 10.8. The molecule has 412 valence electrons. The molecule has 1 atom stereocenters. The number of methoxy groups -OCH3 is 2. The fourth-order valence-corrected chi connectivity index (χ4v) is 13.3. The number of piperazine rings is 1. The zero-order valence-corrected chi connectivity index (χ0v) is 45.6. The molecular weight excluding hydrogens is 1020 g/mol. The minimum Gasteiger partial charge on any atom is -0.496 e. The first-order chi connectivity index (χ1) is 37.4. The summed E-state index contributed by atoms with van der Waals surface area (Å²) in [5.41, 5.74) is 4.81. The van der Waals surface area contributed by atoms with Gasteiger partial charge in [0, 0.05) is 93.4 Å². The Balaban J connectivity index is 0.809. The minimum atomic E-state index is -4.75. The van der Waals surface area contributed by atoms with Crippen LogP contribution in [0, 0.1) is 27.3 Å². The van der Waals surface area contributed by atoms with E-state index < -0.39 is 42.9 Å². The molecule has 78 heavy (non-hydrogen) atoms. The fourth-order valence-electron chi connectivity index (χ4n) is 12.4. The molecule has 6 aromatic rings. The number of aromatic amines is 1. The fraction of sp³-hybridized carbons (Fsp3) is 0.466. The van der Waals surface area contributed by atoms with Crippen LogP contribution in [0.4, 0.5) is 21.6 Å². The molecule has 3 aliphatic carbocycles. The van der Waals surface area contributed by atoms with Gasteiger partial charge in [-0.3, -0.25) is 24.7 Å². The second-order valence-electron chi connectivity index (χ2n) is 22.9. The number of amides is 1. The summed E-state index contributed by atoms with van der Waals surface area (Å²) in [5, 5.41) is 25.7. The first-order valence-electron chi connectivity index (χ1n) is 27.1. The van der Waals surface area contributed by atoms with Gasteiger partial charge >= 0.3 is 5.69 Å². The summed E-state index contributed by atoms with van der Waals surface area (Å²) in [4.78, 5) is 43.9. The molecule has 3 aromatic heterocycles. The number of aliphatic hydroxyl groups is 1. The number of H-pyrrole nitrogens is 1. The minimum absolute atomic E-state index is 0.0162. The molecule has 1 spiro atoms. The van der Waals surface area contributed by atoms with Gasteiger partial charge in [-0.05, 0) is 116 Å². The lowest BCUT2D eigenvalue weighted by Gasteiger charge is -2.63. The Hall–Kier alpha value is -6.87. The van der Waals surface area contributed by atoms with Crippen molar-refractivity contribution >= 4 is 44.2 Å². The molecule has 5 fully saturated rings. The second kappa shape index (κ2) is 21.1. The van der Waals surface area contributed by atoms with Crippen LogP contribution < -0.4 is 29.1 Å². The predicted molar refractivity (Wildman–Crippen MR) is 294 cm³/mol. The van der Waals surface area contributed by atoms with Crippen LogP contribution in [-0.2, 0) is 16.6 Å². The van der Waals surface area contributed by atoms with Gasteiger partial charge < -0.3 is 34.5 Å². The van der Waals surface area contributed by atoms with Crippen molar-refractivity contribution in [2.24, 2.45) is 11.3 Å². The van der Waals surface area contributed by atoms with Crippen molar-refractivity contribution in [3.8, 4) is 23.1 Å². The maximum Gasteiger partial charge on any atom is 0.312 e. The van der Waals surface area contributed by atoms with Crippen LogP contribution >= 0.6 is 0 Å². The van der Waals surface area contributed by atoms with Gasteiger partial charge in [-0.2, -0.15) is 4.98 Å². The third-order valence-electron chi connectivity index (χ3n) is 16.9. The van der Waals surface area contributed by atoms with Gasteiger partial charge in [0.05, 0.1) is 41.9 Å². The van der Waals surface area contributed by atoms with E-state index in [0.29, 0.717) is 50.1 Å². The summed E-state index contributed by atoms with van der Waals surface area (Å²) in [7, 11) is -1.60. The lowest BCUT2D eigenvalue weighted by molar-refractivity contribution is -0.384. The maximum atomic E-state index is 14.9. The number of carbonyl (C=O) groups is 1. The van der Waals surface area contributed by atoms with Gasteiger partial charge in [-0.25, -0.2) is 22.5 Å². The first kappa shape index (κ1) is 53.1. The van der Waals surface area contributed by atoms with E-state index >= 15 is 0 Å². The smallest absolute Gasteiger partial charge is 0.312 e. The number of anilines is 2. The van der Waals surface area contributed by atoms with Crippen molar-refractivity contribution in [3.05, 3.63) is 129 Å². The Morgan fingerprint density at radius 2 is 1.73 bits per heavy atom. The van der Waals surface area contributed by atoms with Gasteiger partial charge in [0.15, 0.2) is 5.75 Å². The Bertz CT molecular complexity index is 3360. The second-order valence-corrected chi connectivity index (χ2v) is 24.6. The molecule has 1 amide bonds. The van der Waals surface area contributed by atoms with Gasteiger partial charge in [-0.1, -0.05) is 50.2 Å². The number of nitro groups is 1. The molecule has 3 saturated carbocycles. The number of hydrogen-bond acceptors (Lipinski definition) is 15. The van der Waals surface area contributed by atoms with Gasteiger partial charge in [0.2, 0.25) is 5.82 Å². The van der Waals surface area contributed by atoms with E-state index in [1.165, 1.54) is 54.3 Å². The van der Waals surface area contributed by atoms with Crippen LogP contribution in [0.3, 0.4) is 0 Å². The average Bonchev–Trinajstić information content (AvgIpc) is 4.25. The number of nitrogens with one attached hydrogen (secondary N) is 3. The summed E-state index contributed by atoms with van der Waals surface area (Å²) < 4.78 is 62.5. The van der Waals surface area contributed by atoms with Crippen LogP contribution in [0.25, 0.3) is 11.0 Å². The number of hydrogen-bond donors (Lipinski definition) is 4. The summed E-state index contributed by atoms with van der Waals surface area (Å²) in [5.74, 6) is 0.216. The summed E-state index contributed by atoms with van der Waals surface area (Å²) in [6.07, 6.45) is 9.20. The van der Waals surface area contributed by atoms with Crippen molar-refractivity contribution in [1.29, 1.82) is 0 Å². The third-order valence-corrected chi connectivity index (χ3v) is 18.2. The lowest BCUT2D eigenvalue weighted by atomic mass is 9.59. The summed E-state index contributed by atoms with van der Waals surface area (Å²) in [6, 6.07) is 23.4. The Morgan fingerprint density at radius 3 is 2.45 bits per heavy atom. The monoisotopic (exact) mass is 1090 g/mol. The molecule has 2 aliphatic heterocycles. The van der Waals surface area contributed by atoms with E-state index in [1.54, 1.807) is 26.2 Å². The van der Waals surface area contributed by atoms with Crippen molar-refractivity contribution in [3.63, 3.8) is 0 Å². The van der Waals surface area contributed by atoms with E-state index in [0.717, 1.165) is 82.0 Å². The van der Waals surface area contributed by atoms with E-state index in [4.69, 9.17) is 14.2 Å². The van der Waals surface area contributed by atoms with Gasteiger partial charge in [0.25, 0.3) is 21.8 Å². The highest BCUT2D eigenvalue weighted by Crippen LogP contribution is 2.54. The van der Waals surface area contributed by atoms with E-state index in [1.807, 2.05) is 0 Å². The summed E-state index contributed by atoms with van der Waals surface area (Å²) >= 11 is 0. The zero-order valence-electron chi connectivity index (χ0n) is 44.8. The van der Waals surface area contributed by atoms with E-state index in [2.05, 4.69) is 96.0 Å². The van der Waals surface area contributed by atoms with Gasteiger partial charge in [0.1, 0.15) is 27.9 Å². The molecule has 5 heterocycles. The number of benzene rings is 3. The Morgan fingerprint density at radius 1 is 0.962 bits per heavy atom. The number of halogens is 1. The maximum absolute atomic E-state index is 14.9. The van der Waals surface area contributed by atoms with Crippen LogP contribution in [0.1, 0.15) is 123 Å². The molecule has 0 bridgehead atoms. The topological polar surface area (TPSA) is 218 Å². The highest BCUT2D eigenvalue weighted by atomic mass is 32.2. The molecule has 11 rings (SSSR count). The molecule has 0 unspecified atom stereocenters. The molecule has 0 radical (unpaired) electrons. The molecule has 2 saturated heterocycles. The summed E-state index contributed by atoms with van der Waals surface area (Å²) in [6.45, 7) is 11.8. The van der Waals surface area contributed by atoms with Gasteiger partial charge in [-0.15, -0.1) is 0 Å². The largest absolute Gasteiger partial charge is 0.496 e. The van der Waals surface area contributed by atoms with E-state index in [9.17, 15) is 32.8 Å². The number of pyridine rings is 2. The zero-order chi connectivity index (χ0) is 54.7. The van der Waals surface area contributed by atoms with Crippen molar-refractivity contribution < 1.29 is 41.8 Å². The number of fused-ring (bicyclic) bond motifs is 1. The van der Waals surface area contributed by atoms with Crippen LogP contribution in [0.2, 0.25) is 0 Å². The first-order valence-corrected chi connectivity index (χ1v) is 28.6. The highest BCUT2D eigenvalue weighted by Gasteiger charge is 2.55. The van der Waals surface area contributed by atoms with Crippen LogP contribution in [-0.4, -0.2) is 114 Å². The average molecular weight is 1090 g/mol. The van der Waals surface area contributed by atoms with Crippen molar-refractivity contribution in [2.45, 2.75) is 113 Å². The Labute approximate surface area is 453 Å². The van der Waals surface area contributed by atoms with E-state index in [-0.39, 0.29) is 57.2 Å². The number of nitrogens with zero attached hydrogens (tertiary/aromatic N) is 6. The highest BCUT2D eigenvalue weighted by molar-refractivity contribution is 7.90. The molecule has 18 nitrogen and oxygen atoms in total. The van der Waals surface area contributed by atoms with Crippen molar-refractivity contribution in [1.82, 2.24) is 29.5 Å². The predicted octanol–water partition coefficient (Wildman–Crippen LogP) is 9.82. The molecular formula is C58H68FN9O9S. The molecule has 3 aromatic carbocycles. The number of sulfonamides is 1. The van der Waals surface area contributed by atoms with Crippen LogP contribution in [0.5, 0.6) is 23.1 Å². The lowest BCUT2D eigenvalue weighted by Crippen LogP contribution is -2.68. The molecule has 5 aliphatic rings. The molecule has 4 N–H and O–H groups in total. The SMILES string of the molecule is COc1cc(CN2CCN(C3CC4(C3)CN(c3ccc(C(=O)NS(=O)(=O)c5cnc(NCC6CCC(C)(O)CC6)c([N+](=O)[O-])c5)c(Oc5cc6c(F)c[nH]c6nc5OC)c3)C4)[C@H](c3ccccc3C(C)C)C2)ccc1C1CC1. The number of ether oxygens (including phenoxy) is 3. The standard InChI is InChI=1S/C58H68FN9O9S/c1-35(2)42-8-6-7-9-44(42)49-32-65(31-37-10-14-43(38-11-12-38)50(22-37)75-4)20-21-67(49)40-26-58(27-40)33-66(34-58)39-13-15-45(51(23-39)77-52-25-46-47(59)30-62-53(46)63-56(52)76-5)55(69)64-78(73,74)41-24-48(68(71)72)54(61-29-41)60-28-36-16-18-57(3,70)19-17-36/h6-10,13-15,22-25,29-30,35-36,38,40,49,70H,11-12,16-21,26-28,31-34H2,1-5H3,(H,60,61)(H,62,63)(H,64,69)/t36?,49-,57?/m0/s1. The Kier molecular flexibility index (Phi) is 14.4. The number of carbonyl (C=O) groups excluding carboxylic acids is 1. The van der Waals surface area contributed by atoms with Crippen LogP contribution in [0.15, 0.2) is 90.1 Å². The van der Waals surface area contributed by atoms with Crippen molar-refractivity contribution in [2.75, 3.05) is 63.7 Å². The quantitative estimate of drug-likeness (QED) is 0.0465. The number of aromatic nitrogens is 3.